The molecular formula is C23H25F3N2O5S. The molecule has 184 valence electrons. The van der Waals surface area contributed by atoms with Crippen molar-refractivity contribution in [2.75, 3.05) is 32.8 Å². The number of carbonyl (C=O) groups is 2. The zero-order chi connectivity index (χ0) is 24.9. The number of ether oxygens (including phenoxy) is 1. The van der Waals surface area contributed by atoms with E-state index in [0.29, 0.717) is 24.7 Å². The van der Waals surface area contributed by atoms with Crippen LogP contribution in [0.4, 0.5) is 13.2 Å². The van der Waals surface area contributed by atoms with Gasteiger partial charge >= 0.3 is 6.18 Å². The fourth-order valence-corrected chi connectivity index (χ4v) is 4.94. The lowest BCUT2D eigenvalue weighted by molar-refractivity contribution is -0.138. The Kier molecular flexibility index (Phi) is 7.98. The van der Waals surface area contributed by atoms with Gasteiger partial charge in [-0.2, -0.15) is 17.5 Å². The predicted molar refractivity (Wildman–Crippen MR) is 118 cm³/mol. The Labute approximate surface area is 196 Å². The molecule has 11 heteroatoms. The lowest BCUT2D eigenvalue weighted by Crippen LogP contribution is -2.51. The zero-order valence-electron chi connectivity index (χ0n) is 18.5. The summed E-state index contributed by atoms with van der Waals surface area (Å²) in [6.45, 7) is 1.44. The Morgan fingerprint density at radius 3 is 2.24 bits per heavy atom. The van der Waals surface area contributed by atoms with E-state index in [9.17, 15) is 31.2 Å². The molecule has 7 nitrogen and oxygen atoms in total. The van der Waals surface area contributed by atoms with E-state index in [2.05, 4.69) is 0 Å². The molecule has 0 atom stereocenters. The van der Waals surface area contributed by atoms with Crippen LogP contribution in [0.3, 0.4) is 0 Å². The summed E-state index contributed by atoms with van der Waals surface area (Å²) in [5.74, 6) is 0.274. The summed E-state index contributed by atoms with van der Waals surface area (Å²) in [4.78, 5) is 24.6. The average Bonchev–Trinajstić information content (AvgIpc) is 2.81. The number of amides is 1. The molecule has 0 aliphatic carbocycles. The summed E-state index contributed by atoms with van der Waals surface area (Å²) < 4.78 is 71.0. The third-order valence-corrected chi connectivity index (χ3v) is 7.34. The fraction of sp³-hybridized carbons (Fsp3) is 0.391. The Balaban J connectivity index is 1.52. The van der Waals surface area contributed by atoms with Crippen LogP contribution in [0.25, 0.3) is 0 Å². The van der Waals surface area contributed by atoms with E-state index in [0.717, 1.165) is 28.1 Å². The Bertz CT molecular complexity index is 1130. The molecule has 0 spiro atoms. The van der Waals surface area contributed by atoms with Gasteiger partial charge in [-0.3, -0.25) is 4.79 Å². The number of rotatable bonds is 8. The van der Waals surface area contributed by atoms with E-state index in [1.54, 1.807) is 12.1 Å². The minimum Gasteiger partial charge on any atom is -0.484 e. The van der Waals surface area contributed by atoms with Crippen LogP contribution in [0.5, 0.6) is 5.75 Å². The Hall–Kier alpha value is -2.92. The number of alkyl halides is 3. The highest BCUT2D eigenvalue weighted by molar-refractivity contribution is 7.89. The molecule has 3 rings (SSSR count). The van der Waals surface area contributed by atoms with Crippen molar-refractivity contribution in [1.29, 1.82) is 0 Å². The number of hydrogen-bond donors (Lipinski definition) is 0. The number of benzene rings is 2. The van der Waals surface area contributed by atoms with E-state index < -0.39 is 26.7 Å². The molecule has 0 bridgehead atoms. The van der Waals surface area contributed by atoms with E-state index in [4.69, 9.17) is 4.74 Å². The standard InChI is InChI=1S/C23H25F3N2O5S/c1-17(29)5-6-18-7-9-20(10-8-18)33-16-22(30)27-11-13-28(14-12-27)34(31,32)21-4-2-3-19(15-21)23(24,25)26/h2-4,7-10,15H,5-6,11-14,16H2,1H3. The number of ketones is 1. The molecule has 1 aliphatic rings. The van der Waals surface area contributed by atoms with Crippen molar-refractivity contribution < 1.29 is 35.9 Å². The topological polar surface area (TPSA) is 84.0 Å². The van der Waals surface area contributed by atoms with Crippen LogP contribution in [0.15, 0.2) is 53.4 Å². The number of aryl methyl sites for hydroxylation is 1. The van der Waals surface area contributed by atoms with Crippen LogP contribution in [0.1, 0.15) is 24.5 Å². The second-order valence-electron chi connectivity index (χ2n) is 7.95. The van der Waals surface area contributed by atoms with Crippen LogP contribution in [0, 0.1) is 0 Å². The second-order valence-corrected chi connectivity index (χ2v) is 9.88. The zero-order valence-corrected chi connectivity index (χ0v) is 19.4. The molecule has 2 aromatic rings. The number of piperazine rings is 1. The molecule has 0 N–H and O–H groups in total. The third-order valence-electron chi connectivity index (χ3n) is 5.44. The molecule has 1 fully saturated rings. The quantitative estimate of drug-likeness (QED) is 0.559. The number of halogens is 3. The molecule has 1 aliphatic heterocycles. The van der Waals surface area contributed by atoms with Gasteiger partial charge in [-0.1, -0.05) is 18.2 Å². The molecule has 2 aromatic carbocycles. The van der Waals surface area contributed by atoms with Crippen molar-refractivity contribution in [2.24, 2.45) is 0 Å². The largest absolute Gasteiger partial charge is 0.484 e. The van der Waals surface area contributed by atoms with Gasteiger partial charge in [0.25, 0.3) is 5.91 Å². The highest BCUT2D eigenvalue weighted by Crippen LogP contribution is 2.31. The highest BCUT2D eigenvalue weighted by atomic mass is 32.2. The second kappa shape index (κ2) is 10.6. The summed E-state index contributed by atoms with van der Waals surface area (Å²) in [5, 5.41) is 0. The van der Waals surface area contributed by atoms with Crippen molar-refractivity contribution in [3.05, 3.63) is 59.7 Å². The normalized spacial score (nSPS) is 15.2. The minimum atomic E-state index is -4.65. The lowest BCUT2D eigenvalue weighted by Gasteiger charge is -2.34. The van der Waals surface area contributed by atoms with E-state index in [1.165, 1.54) is 11.8 Å². The highest BCUT2D eigenvalue weighted by Gasteiger charge is 2.34. The van der Waals surface area contributed by atoms with Crippen molar-refractivity contribution in [2.45, 2.75) is 30.8 Å². The van der Waals surface area contributed by atoms with Crippen molar-refractivity contribution in [1.82, 2.24) is 9.21 Å². The van der Waals surface area contributed by atoms with Gasteiger partial charge in [0.15, 0.2) is 6.61 Å². The van der Waals surface area contributed by atoms with E-state index >= 15 is 0 Å². The van der Waals surface area contributed by atoms with Gasteiger partial charge in [0.2, 0.25) is 10.0 Å². The van der Waals surface area contributed by atoms with Crippen LogP contribution in [0.2, 0.25) is 0 Å². The first-order chi connectivity index (χ1) is 16.0. The number of hydrogen-bond acceptors (Lipinski definition) is 5. The van der Waals surface area contributed by atoms with Crippen LogP contribution in [-0.4, -0.2) is 62.1 Å². The number of carbonyl (C=O) groups excluding carboxylic acids is 2. The molecule has 1 saturated heterocycles. The fourth-order valence-electron chi connectivity index (χ4n) is 3.47. The van der Waals surface area contributed by atoms with E-state index in [-0.39, 0.29) is 44.5 Å². The van der Waals surface area contributed by atoms with Crippen LogP contribution in [-0.2, 0) is 32.2 Å². The summed E-state index contributed by atoms with van der Waals surface area (Å²) in [6, 6.07) is 10.7. The molecule has 0 aromatic heterocycles. The van der Waals surface area contributed by atoms with Crippen molar-refractivity contribution in [3.8, 4) is 5.75 Å². The molecular weight excluding hydrogens is 473 g/mol. The number of sulfonamides is 1. The Morgan fingerprint density at radius 2 is 1.65 bits per heavy atom. The van der Waals surface area contributed by atoms with Gasteiger partial charge in [-0.15, -0.1) is 0 Å². The maximum absolute atomic E-state index is 12.9. The smallest absolute Gasteiger partial charge is 0.416 e. The predicted octanol–water partition coefficient (Wildman–Crippen LogP) is 3.14. The van der Waals surface area contributed by atoms with Gasteiger partial charge in [-0.05, 0) is 49.2 Å². The average molecular weight is 499 g/mol. The van der Waals surface area contributed by atoms with Gasteiger partial charge in [0.1, 0.15) is 11.5 Å². The van der Waals surface area contributed by atoms with Crippen LogP contribution >= 0.6 is 0 Å². The third kappa shape index (κ3) is 6.57. The number of nitrogens with zero attached hydrogens (tertiary/aromatic N) is 2. The van der Waals surface area contributed by atoms with E-state index in [1.807, 2.05) is 12.1 Å². The Morgan fingerprint density at radius 1 is 1.00 bits per heavy atom. The molecule has 0 saturated carbocycles. The maximum Gasteiger partial charge on any atom is 0.416 e. The summed E-state index contributed by atoms with van der Waals surface area (Å²) in [5.41, 5.74) is -0.0570. The minimum absolute atomic E-state index is 0.0326. The van der Waals surface area contributed by atoms with Gasteiger partial charge in [0, 0.05) is 32.6 Å². The maximum atomic E-state index is 12.9. The molecule has 1 amide bonds. The molecule has 1 heterocycles. The van der Waals surface area contributed by atoms with Gasteiger partial charge < -0.3 is 14.4 Å². The van der Waals surface area contributed by atoms with Gasteiger partial charge in [-0.25, -0.2) is 8.42 Å². The van der Waals surface area contributed by atoms with Crippen molar-refractivity contribution in [3.63, 3.8) is 0 Å². The molecule has 0 radical (unpaired) electrons. The van der Waals surface area contributed by atoms with Crippen LogP contribution < -0.4 is 4.74 Å². The molecule has 0 unspecified atom stereocenters. The van der Waals surface area contributed by atoms with Crippen molar-refractivity contribution >= 4 is 21.7 Å². The molecule has 34 heavy (non-hydrogen) atoms. The lowest BCUT2D eigenvalue weighted by atomic mass is 10.1. The number of Topliss-reactive ketones (excluding diaryl/α,β-unsaturated/α-hetero) is 1. The summed E-state index contributed by atoms with van der Waals surface area (Å²) in [7, 11) is -4.12. The first kappa shape index (κ1) is 25.7. The first-order valence-corrected chi connectivity index (χ1v) is 12.1. The summed E-state index contributed by atoms with van der Waals surface area (Å²) >= 11 is 0. The van der Waals surface area contributed by atoms with Gasteiger partial charge in [0.05, 0.1) is 10.5 Å². The monoisotopic (exact) mass is 498 g/mol. The summed E-state index contributed by atoms with van der Waals surface area (Å²) in [6.07, 6.45) is -3.57. The first-order valence-electron chi connectivity index (χ1n) is 10.6. The SMILES string of the molecule is CC(=O)CCc1ccc(OCC(=O)N2CCN(S(=O)(=O)c3cccc(C(F)(F)F)c3)CC2)cc1.